The largest absolute Gasteiger partial charge is 3.00 e. The summed E-state index contributed by atoms with van der Waals surface area (Å²) in [6, 6.07) is 3.70. The molecule has 0 aliphatic carbocycles. The number of aromatic nitrogens is 1. The van der Waals surface area contributed by atoms with Crippen LogP contribution in [0.15, 0.2) is 23.3 Å². The van der Waals surface area contributed by atoms with Crippen LogP contribution in [0.4, 0.5) is 4.79 Å². The Balaban J connectivity index is -0.000000176. The summed E-state index contributed by atoms with van der Waals surface area (Å²) in [5.74, 6) is 0.974. The summed E-state index contributed by atoms with van der Waals surface area (Å²) in [5, 5.41) is 12.5. The molecule has 0 radical (unpaired) electrons. The molecule has 3 atom stereocenters. The number of nitrogens with one attached hydrogen (secondary N) is 1. The molecule has 17 nitrogen and oxygen atoms in total. The molecule has 0 aromatic carbocycles. The molecule has 4 N–H and O–H groups in total. The van der Waals surface area contributed by atoms with Crippen molar-refractivity contribution in [2.75, 3.05) is 65.9 Å². The van der Waals surface area contributed by atoms with E-state index in [-0.39, 0.29) is 35.9 Å². The summed E-state index contributed by atoms with van der Waals surface area (Å²) in [6.07, 6.45) is 5.08. The number of hydrogen-bond donors (Lipinski definition) is 4. The third-order valence-electron chi connectivity index (χ3n) is 4.38. The predicted octanol–water partition coefficient (Wildman–Crippen LogP) is 2.04. The zero-order valence-corrected chi connectivity index (χ0v) is 34.7. The molecule has 2 rings (SSSR count). The minimum Gasteiger partial charge on any atom is -0.786 e. The van der Waals surface area contributed by atoms with Gasteiger partial charge in [-0.2, -0.15) is 5.26 Å². The molecule has 3 unspecified atom stereocenters. The number of aliphatic imine (C=N–C) groups is 1. The number of halogens is 2. The Labute approximate surface area is 319 Å². The van der Waals surface area contributed by atoms with Crippen LogP contribution in [0.25, 0.3) is 0 Å². The van der Waals surface area contributed by atoms with Gasteiger partial charge in [-0.15, -0.1) is 17.4 Å². The molecule has 49 heavy (non-hydrogen) atoms. The molecule has 1 amide bonds. The fourth-order valence-electron chi connectivity index (χ4n) is 2.61. The van der Waals surface area contributed by atoms with E-state index in [9.17, 15) is 19.5 Å². The van der Waals surface area contributed by atoms with Gasteiger partial charge in [0.2, 0.25) is 6.19 Å². The Bertz CT molecular complexity index is 929. The minimum absolute atomic E-state index is 0. The van der Waals surface area contributed by atoms with E-state index >= 15 is 0 Å². The topological polar surface area (TPSA) is 251 Å². The number of ether oxygens (including phenoxy) is 1. The SMILES string of the molecule is CCCOC(=O)NCCCN(C)C.CCOP([O-])O.CCOP([O-])O.CCOP([O-])O.Cl.N#CN=C1SCCN1Cc1ccc(Cl)nc1.[Al+3]. The first-order valence-corrected chi connectivity index (χ1v) is 18.9. The molecule has 1 aromatic heterocycles. The number of amidine groups is 1. The van der Waals surface area contributed by atoms with Crippen LogP contribution in [0.3, 0.4) is 0 Å². The third-order valence-corrected chi connectivity index (χ3v) is 7.03. The van der Waals surface area contributed by atoms with Crippen molar-refractivity contribution in [3.8, 4) is 6.19 Å². The molecule has 1 saturated heterocycles. The van der Waals surface area contributed by atoms with Gasteiger partial charge >= 0.3 is 23.5 Å². The van der Waals surface area contributed by atoms with Gasteiger partial charge in [0.05, 0.1) is 32.4 Å². The van der Waals surface area contributed by atoms with Crippen molar-refractivity contribution >= 4 is 90.2 Å². The first kappa shape index (κ1) is 58.1. The second-order valence-electron chi connectivity index (χ2n) is 8.44. The number of amides is 1. The standard InChI is InChI=1S/C10H9ClN4S.C9H20N2O2.3C2H6O3P.Al.ClH/c11-9-2-1-8(5-13-9)6-15-3-4-16-10(15)14-7-12;1-4-8-13-9(12)10-6-5-7-11(2)3;3*1-2-5-6(3)4;;/h1-2,5H,3-4,6H2;4-8H2,1-3H3,(H,10,12);3*3H,2H2,1H3;;1H/q;;3*-1;+3;. The van der Waals surface area contributed by atoms with Gasteiger partial charge in [-0.1, -0.05) is 36.4 Å². The maximum atomic E-state index is 10.9. The predicted molar refractivity (Wildman–Crippen MR) is 193 cm³/mol. The maximum Gasteiger partial charge on any atom is 3.00 e. The molecule has 0 saturated carbocycles. The van der Waals surface area contributed by atoms with Gasteiger partial charge in [-0.05, 0) is 65.9 Å². The van der Waals surface area contributed by atoms with E-state index in [1.807, 2.05) is 33.3 Å². The first-order valence-electron chi connectivity index (χ1n) is 14.1. The maximum absolute atomic E-state index is 10.9. The molecule has 0 bridgehead atoms. The van der Waals surface area contributed by atoms with Gasteiger partial charge in [0.1, 0.15) is 5.15 Å². The van der Waals surface area contributed by atoms with Crippen molar-refractivity contribution in [2.24, 2.45) is 4.99 Å². The Hall–Kier alpha value is -0.268. The van der Waals surface area contributed by atoms with Gasteiger partial charge in [-0.25, -0.2) is 9.78 Å². The van der Waals surface area contributed by atoms with Crippen molar-refractivity contribution < 1.29 is 52.5 Å². The van der Waals surface area contributed by atoms with Crippen LogP contribution >= 0.6 is 61.6 Å². The fourth-order valence-corrected chi connectivity index (χ4v) is 4.32. The minimum atomic E-state index is -2.35. The van der Waals surface area contributed by atoms with Crippen LogP contribution in [-0.2, 0) is 24.9 Å². The molecule has 1 aromatic rings. The number of pyridine rings is 1. The number of rotatable bonds is 14. The Kier molecular flexibility index (Phi) is 49.9. The summed E-state index contributed by atoms with van der Waals surface area (Å²) < 4.78 is 17.2. The van der Waals surface area contributed by atoms with Crippen molar-refractivity contribution in [1.82, 2.24) is 20.1 Å². The molecule has 0 spiro atoms. The van der Waals surface area contributed by atoms with Crippen LogP contribution in [-0.4, -0.2) is 124 Å². The van der Waals surface area contributed by atoms with Crippen LogP contribution < -0.4 is 20.0 Å². The van der Waals surface area contributed by atoms with E-state index in [2.05, 4.69) is 38.7 Å². The number of carbonyl (C=O) groups is 1. The van der Waals surface area contributed by atoms with Crippen LogP contribution in [0.5, 0.6) is 0 Å². The molecule has 24 heteroatoms. The molecular weight excluding hydrogens is 783 g/mol. The van der Waals surface area contributed by atoms with Crippen molar-refractivity contribution in [1.29, 1.82) is 5.26 Å². The van der Waals surface area contributed by atoms with Crippen molar-refractivity contribution in [3.05, 3.63) is 29.0 Å². The second kappa shape index (κ2) is 42.1. The fraction of sp³-hybridized carbons (Fsp3) is 0.680. The molecular formula is C25H48AlCl2N6O11P3S. The zero-order chi connectivity index (χ0) is 36.5. The van der Waals surface area contributed by atoms with Gasteiger partial charge < -0.3 is 62.8 Å². The van der Waals surface area contributed by atoms with Gasteiger partial charge in [0, 0.05) is 51.4 Å². The Morgan fingerprint density at radius 1 is 1.10 bits per heavy atom. The van der Waals surface area contributed by atoms with Crippen LogP contribution in [0, 0.1) is 11.5 Å². The summed E-state index contributed by atoms with van der Waals surface area (Å²) in [7, 11) is -3.03. The molecule has 1 fully saturated rings. The number of thioether (sulfide) groups is 1. The molecule has 2 heterocycles. The van der Waals surface area contributed by atoms with Crippen LogP contribution in [0.2, 0.25) is 5.15 Å². The van der Waals surface area contributed by atoms with Crippen molar-refractivity contribution in [3.63, 3.8) is 0 Å². The molecule has 282 valence electrons. The Morgan fingerprint density at radius 2 is 1.63 bits per heavy atom. The van der Waals surface area contributed by atoms with E-state index in [0.717, 1.165) is 49.0 Å². The molecule has 1 aliphatic rings. The molecule has 1 aliphatic heterocycles. The normalized spacial score (nSPS) is 13.8. The van der Waals surface area contributed by atoms with Gasteiger partial charge in [0.25, 0.3) is 0 Å². The van der Waals surface area contributed by atoms with Crippen molar-refractivity contribution in [2.45, 2.75) is 47.1 Å². The van der Waals surface area contributed by atoms with E-state index in [1.54, 1.807) is 44.8 Å². The Morgan fingerprint density at radius 3 is 2.00 bits per heavy atom. The number of alkyl carbamates (subject to hydrolysis) is 1. The number of carbonyl (C=O) groups excluding carboxylic acids is 1. The quantitative estimate of drug-likeness (QED) is 0.0688. The summed E-state index contributed by atoms with van der Waals surface area (Å²) in [5.41, 5.74) is 1.07. The monoisotopic (exact) mass is 830 g/mol. The zero-order valence-electron chi connectivity index (χ0n) is 28.5. The van der Waals surface area contributed by atoms with E-state index < -0.39 is 25.8 Å². The summed E-state index contributed by atoms with van der Waals surface area (Å²) >= 11 is 7.32. The van der Waals surface area contributed by atoms with E-state index in [4.69, 9.17) is 36.3 Å². The van der Waals surface area contributed by atoms with E-state index in [0.29, 0.717) is 38.1 Å². The van der Waals surface area contributed by atoms with Crippen LogP contribution in [0.1, 0.15) is 46.1 Å². The average Bonchev–Trinajstić information content (AvgIpc) is 3.43. The summed E-state index contributed by atoms with van der Waals surface area (Å²) in [4.78, 5) is 74.9. The first-order chi connectivity index (χ1) is 22.3. The number of hydrogen-bond acceptors (Lipinski definition) is 16. The summed E-state index contributed by atoms with van der Waals surface area (Å²) in [6.45, 7) is 11.6. The second-order valence-corrected chi connectivity index (χ2v) is 12.1. The number of nitriles is 1. The third kappa shape index (κ3) is 45.7. The smallest absolute Gasteiger partial charge is 0.786 e. The van der Waals surface area contributed by atoms with E-state index in [1.165, 1.54) is 0 Å². The average molecular weight is 832 g/mol. The van der Waals surface area contributed by atoms with Gasteiger partial charge in [0.15, 0.2) is 5.17 Å². The number of nitrogens with zero attached hydrogens (tertiary/aromatic N) is 5. The van der Waals surface area contributed by atoms with Gasteiger partial charge in [-0.3, -0.25) is 0 Å².